The van der Waals surface area contributed by atoms with Crippen molar-refractivity contribution in [2.24, 2.45) is 22.2 Å². The highest BCUT2D eigenvalue weighted by Crippen LogP contribution is 2.11. The van der Waals surface area contributed by atoms with Gasteiger partial charge in [-0.25, -0.2) is 8.42 Å². The predicted molar refractivity (Wildman–Crippen MR) is 131 cm³/mol. The van der Waals surface area contributed by atoms with Gasteiger partial charge in [-0.05, 0) is 30.5 Å². The van der Waals surface area contributed by atoms with E-state index in [9.17, 15) is 18.0 Å². The first kappa shape index (κ1) is 30.7. The smallest absolute Gasteiger partial charge is 0.241 e. The third kappa shape index (κ3) is 12.4. The number of nitrogens with one attached hydrogen (secondary N) is 2. The maximum absolute atomic E-state index is 13.0. The molecule has 36 heavy (non-hydrogen) atoms. The van der Waals surface area contributed by atoms with Crippen LogP contribution in [-0.2, 0) is 37.4 Å². The van der Waals surface area contributed by atoms with Crippen molar-refractivity contribution in [2.75, 3.05) is 6.54 Å². The Labute approximate surface area is 211 Å². The summed E-state index contributed by atoms with van der Waals surface area (Å²) < 4.78 is 53.2. The Morgan fingerprint density at radius 1 is 0.944 bits per heavy atom. The number of nitrogens with two attached hydrogens (primary N) is 3. The van der Waals surface area contributed by atoms with Crippen LogP contribution in [0.5, 0.6) is 0 Å². The van der Waals surface area contributed by atoms with Crippen molar-refractivity contribution in [1.82, 2.24) is 10.0 Å². The zero-order valence-electron chi connectivity index (χ0n) is 19.1. The van der Waals surface area contributed by atoms with E-state index >= 15 is 0 Å². The Bertz CT molecular complexity index is 1120. The number of sulfonamides is 1. The van der Waals surface area contributed by atoms with Gasteiger partial charge in [-0.2, -0.15) is 4.72 Å². The summed E-state index contributed by atoms with van der Waals surface area (Å²) in [5.41, 5.74) is 16.9. The minimum Gasteiger partial charge on any atom is -0.784 e. The lowest BCUT2D eigenvalue weighted by Gasteiger charge is -2.22. The molecule has 2 amide bonds. The predicted octanol–water partition coefficient (Wildman–Crippen LogP) is -1.40. The molecule has 13 nitrogen and oxygen atoms in total. The number of carbonyl (C=O) groups excluding carboxylic acids is 2. The first-order valence-electron chi connectivity index (χ1n) is 10.5. The van der Waals surface area contributed by atoms with E-state index in [0.717, 1.165) is 5.56 Å². The summed E-state index contributed by atoms with van der Waals surface area (Å²) in [5.74, 6) is -1.51. The quantitative estimate of drug-likeness (QED) is 0.0917. The molecule has 0 fully saturated rings. The normalized spacial score (nSPS) is 12.5. The zero-order valence-corrected chi connectivity index (χ0v) is 20.7. The van der Waals surface area contributed by atoms with Gasteiger partial charge in [0.1, 0.15) is 12.1 Å². The molecule has 198 valence electrons. The van der Waals surface area contributed by atoms with Gasteiger partial charge in [0, 0.05) is 13.0 Å². The molecule has 0 bridgehead atoms. The molecule has 15 heteroatoms. The number of aliphatic imine (C=N–C) groups is 1. The lowest BCUT2D eigenvalue weighted by atomic mass is 10.0. The van der Waals surface area contributed by atoms with Gasteiger partial charge >= 0.3 is 0 Å². The summed E-state index contributed by atoms with van der Waals surface area (Å²) in [6.45, 7) is 0.211. The first-order valence-corrected chi connectivity index (χ1v) is 12.9. The molecule has 0 heterocycles. The van der Waals surface area contributed by atoms with Crippen LogP contribution in [0, 0.1) is 0 Å². The van der Waals surface area contributed by atoms with E-state index in [0.29, 0.717) is 6.42 Å². The topological polar surface area (TPSA) is 246 Å². The third-order valence-corrected chi connectivity index (χ3v) is 6.04. The summed E-state index contributed by atoms with van der Waals surface area (Å²) in [6.07, 6.45) is 0.604. The van der Waals surface area contributed by atoms with E-state index in [-0.39, 0.29) is 30.2 Å². The fourth-order valence-electron chi connectivity index (χ4n) is 2.95. The standard InChI is InChI=1S/C21H28N6O4S.H2O3S/c22-19(28)18(14-15-8-3-1-4-9-15)26-20(29)17(12-7-13-25-21(23)24)27-32(30,31)16-10-5-2-6-11-16;1-4(2)3/h1-6,8-11,17-18,27H,7,12-14H2,(H2,22,28)(H,26,29)(H4,23,24,25);(H2,1,2,3)/p-2/t17-,18-;/m1./s1. The van der Waals surface area contributed by atoms with Crippen molar-refractivity contribution in [3.8, 4) is 0 Å². The van der Waals surface area contributed by atoms with E-state index in [1.165, 1.54) is 12.1 Å². The van der Waals surface area contributed by atoms with Crippen molar-refractivity contribution in [3.05, 3.63) is 66.2 Å². The summed E-state index contributed by atoms with van der Waals surface area (Å²) >= 11 is -3.11. The van der Waals surface area contributed by atoms with Gasteiger partial charge in [-0.15, -0.1) is 11.4 Å². The second kappa shape index (κ2) is 15.6. The number of carbonyl (C=O) groups is 2. The molecule has 0 aromatic heterocycles. The summed E-state index contributed by atoms with van der Waals surface area (Å²) in [5, 5.41) is 2.56. The Hall–Kier alpha value is -3.37. The molecule has 2 atom stereocenters. The molecule has 0 aliphatic heterocycles. The van der Waals surface area contributed by atoms with Gasteiger partial charge in [0.2, 0.25) is 21.8 Å². The maximum Gasteiger partial charge on any atom is 0.241 e. The lowest BCUT2D eigenvalue weighted by Crippen LogP contribution is -2.53. The van der Waals surface area contributed by atoms with Crippen molar-refractivity contribution in [2.45, 2.75) is 36.2 Å². The van der Waals surface area contributed by atoms with Crippen LogP contribution in [-0.4, -0.2) is 58.1 Å². The van der Waals surface area contributed by atoms with Gasteiger partial charge in [-0.1, -0.05) is 48.5 Å². The maximum atomic E-state index is 13.0. The van der Waals surface area contributed by atoms with Crippen molar-refractivity contribution < 1.29 is 31.3 Å². The zero-order chi connectivity index (χ0) is 27.1. The van der Waals surface area contributed by atoms with Crippen LogP contribution in [0.2, 0.25) is 0 Å². The summed E-state index contributed by atoms with van der Waals surface area (Å²) in [6, 6.07) is 14.5. The number of benzene rings is 2. The minimum absolute atomic E-state index is 0.0118. The van der Waals surface area contributed by atoms with E-state index in [2.05, 4.69) is 15.0 Å². The first-order chi connectivity index (χ1) is 16.9. The Balaban J connectivity index is 0.00000150. The van der Waals surface area contributed by atoms with Crippen molar-refractivity contribution in [3.63, 3.8) is 0 Å². The SMILES string of the molecule is NC(=O)[C@@H](Cc1ccccc1)NC(=O)[C@@H](CCCN=C(N)N)NS(=O)(=O)c1ccccc1.O=S([O-])[O-]. The molecule has 2 aromatic rings. The Morgan fingerprint density at radius 2 is 1.47 bits per heavy atom. The van der Waals surface area contributed by atoms with Gasteiger partial charge < -0.3 is 31.6 Å². The molecule has 2 aromatic carbocycles. The highest BCUT2D eigenvalue weighted by Gasteiger charge is 2.28. The van der Waals surface area contributed by atoms with Gasteiger partial charge in [-0.3, -0.25) is 18.8 Å². The summed E-state index contributed by atoms with van der Waals surface area (Å²) in [7, 11) is -3.99. The monoisotopic (exact) mass is 540 g/mol. The van der Waals surface area contributed by atoms with Crippen LogP contribution in [0.15, 0.2) is 70.6 Å². The van der Waals surface area contributed by atoms with E-state index < -0.39 is 45.3 Å². The molecule has 0 unspecified atom stereocenters. The van der Waals surface area contributed by atoms with Crippen LogP contribution >= 0.6 is 0 Å². The van der Waals surface area contributed by atoms with Crippen LogP contribution < -0.4 is 27.2 Å². The third-order valence-electron chi connectivity index (χ3n) is 4.56. The number of nitrogens with zero attached hydrogens (tertiary/aromatic N) is 1. The van der Waals surface area contributed by atoms with Crippen LogP contribution in [0.4, 0.5) is 0 Å². The second-order valence-electron chi connectivity index (χ2n) is 7.29. The summed E-state index contributed by atoms with van der Waals surface area (Å²) in [4.78, 5) is 28.7. The number of rotatable bonds is 12. The van der Waals surface area contributed by atoms with Gasteiger partial charge in [0.05, 0.1) is 4.90 Å². The van der Waals surface area contributed by atoms with Crippen molar-refractivity contribution >= 4 is 39.2 Å². The lowest BCUT2D eigenvalue weighted by molar-refractivity contribution is -0.128. The van der Waals surface area contributed by atoms with Crippen LogP contribution in [0.25, 0.3) is 0 Å². The van der Waals surface area contributed by atoms with E-state index in [1.807, 2.05) is 6.07 Å². The molecular weight excluding hydrogens is 512 g/mol. The molecule has 0 saturated heterocycles. The minimum atomic E-state index is -3.99. The van der Waals surface area contributed by atoms with Gasteiger partial charge in [0.15, 0.2) is 5.96 Å². The average molecular weight is 541 g/mol. The molecule has 0 aliphatic rings. The molecule has 0 saturated carbocycles. The molecule has 8 N–H and O–H groups in total. The number of amides is 2. The van der Waals surface area contributed by atoms with E-state index in [4.69, 9.17) is 30.5 Å². The molecule has 0 radical (unpaired) electrons. The fraction of sp³-hybridized carbons (Fsp3) is 0.286. The fourth-order valence-corrected chi connectivity index (χ4v) is 4.20. The Kier molecular flexibility index (Phi) is 13.3. The van der Waals surface area contributed by atoms with Crippen molar-refractivity contribution in [1.29, 1.82) is 0 Å². The van der Waals surface area contributed by atoms with Crippen LogP contribution in [0.1, 0.15) is 18.4 Å². The number of hydrogen-bond donors (Lipinski definition) is 5. The highest BCUT2D eigenvalue weighted by molar-refractivity contribution is 7.89. The second-order valence-corrected chi connectivity index (χ2v) is 9.42. The average Bonchev–Trinajstić information content (AvgIpc) is 2.81. The molecule has 0 spiro atoms. The number of hydrogen-bond acceptors (Lipinski definition) is 8. The molecule has 0 aliphatic carbocycles. The molecule has 2 rings (SSSR count). The number of primary amides is 1. The van der Waals surface area contributed by atoms with Crippen LogP contribution in [0.3, 0.4) is 0 Å². The van der Waals surface area contributed by atoms with Gasteiger partial charge in [0.25, 0.3) is 0 Å². The molecular formula is C21H28N6O7S2-2. The number of guanidine groups is 1. The van der Waals surface area contributed by atoms with E-state index in [1.54, 1.807) is 42.5 Å². The largest absolute Gasteiger partial charge is 0.784 e. The Morgan fingerprint density at radius 3 is 1.97 bits per heavy atom. The highest BCUT2D eigenvalue weighted by atomic mass is 32.2.